The van der Waals surface area contributed by atoms with Gasteiger partial charge in [0.05, 0.1) is 0 Å². The van der Waals surface area contributed by atoms with Crippen molar-refractivity contribution >= 4 is 10.9 Å². The van der Waals surface area contributed by atoms with E-state index in [4.69, 9.17) is 0 Å². The molecular formula is C23H29N3. The summed E-state index contributed by atoms with van der Waals surface area (Å²) in [5, 5.41) is 1.48. The smallest absolute Gasteiger partial charge is 0.0491 e. The van der Waals surface area contributed by atoms with Crippen LogP contribution >= 0.6 is 0 Å². The van der Waals surface area contributed by atoms with Crippen molar-refractivity contribution in [3.63, 3.8) is 0 Å². The Morgan fingerprint density at radius 2 is 1.96 bits per heavy atom. The molecule has 136 valence electrons. The van der Waals surface area contributed by atoms with Gasteiger partial charge in [-0.25, -0.2) is 0 Å². The lowest BCUT2D eigenvalue weighted by atomic mass is 9.97. The highest BCUT2D eigenvalue weighted by Gasteiger charge is 2.27. The first-order valence-corrected chi connectivity index (χ1v) is 9.67. The van der Waals surface area contributed by atoms with E-state index in [1.807, 2.05) is 13.1 Å². The van der Waals surface area contributed by atoms with Crippen LogP contribution in [0.15, 0.2) is 30.5 Å². The molecular weight excluding hydrogens is 318 g/mol. The number of likely N-dealkylation sites (N-methyl/N-ethyl adjacent to an activating group) is 1. The molecule has 0 fully saturated rings. The van der Waals surface area contributed by atoms with Crippen LogP contribution in [0.4, 0.5) is 0 Å². The predicted molar refractivity (Wildman–Crippen MR) is 109 cm³/mol. The lowest BCUT2D eigenvalue weighted by Gasteiger charge is -2.31. The zero-order chi connectivity index (χ0) is 18.4. The van der Waals surface area contributed by atoms with E-state index in [2.05, 4.69) is 66.5 Å². The van der Waals surface area contributed by atoms with Gasteiger partial charge < -0.3 is 4.57 Å². The average Bonchev–Trinajstić information content (AvgIpc) is 2.88. The minimum absolute atomic E-state index is 0.591. The van der Waals surface area contributed by atoms with E-state index in [-0.39, 0.29) is 0 Å². The molecule has 2 aromatic heterocycles. The maximum Gasteiger partial charge on any atom is 0.0491 e. The largest absolute Gasteiger partial charge is 0.344 e. The molecule has 0 saturated carbocycles. The second-order valence-electron chi connectivity index (χ2n) is 8.08. The highest BCUT2D eigenvalue weighted by molar-refractivity contribution is 5.89. The van der Waals surface area contributed by atoms with Crippen LogP contribution < -0.4 is 0 Å². The monoisotopic (exact) mass is 347 g/mol. The van der Waals surface area contributed by atoms with Gasteiger partial charge in [-0.15, -0.1) is 0 Å². The van der Waals surface area contributed by atoms with Gasteiger partial charge >= 0.3 is 0 Å². The van der Waals surface area contributed by atoms with E-state index in [9.17, 15) is 0 Å². The SMILES string of the molecule is Cc1cc(C)c2c3c(n(CCc4ccc(C)nc4)c2c1)CC(C)N(C)C3. The maximum atomic E-state index is 4.46. The molecule has 1 aliphatic rings. The highest BCUT2D eigenvalue weighted by Crippen LogP contribution is 2.35. The minimum Gasteiger partial charge on any atom is -0.344 e. The van der Waals surface area contributed by atoms with Crippen LogP contribution in [-0.2, 0) is 25.9 Å². The molecule has 3 aromatic rings. The summed E-state index contributed by atoms with van der Waals surface area (Å²) in [5.41, 5.74) is 9.66. The number of aromatic nitrogens is 2. The van der Waals surface area contributed by atoms with Crippen molar-refractivity contribution in [2.24, 2.45) is 0 Å². The number of hydrogen-bond acceptors (Lipinski definition) is 2. The van der Waals surface area contributed by atoms with Crippen molar-refractivity contribution in [1.82, 2.24) is 14.5 Å². The van der Waals surface area contributed by atoms with Crippen LogP contribution in [0.3, 0.4) is 0 Å². The van der Waals surface area contributed by atoms with E-state index >= 15 is 0 Å². The van der Waals surface area contributed by atoms with Gasteiger partial charge in [-0.3, -0.25) is 9.88 Å². The number of fused-ring (bicyclic) bond motifs is 3. The van der Waals surface area contributed by atoms with Crippen molar-refractivity contribution in [3.8, 4) is 0 Å². The third-order valence-electron chi connectivity index (χ3n) is 5.97. The number of nitrogens with zero attached hydrogens (tertiary/aromatic N) is 3. The lowest BCUT2D eigenvalue weighted by Crippen LogP contribution is -2.35. The van der Waals surface area contributed by atoms with Crippen LogP contribution in [-0.4, -0.2) is 27.5 Å². The normalized spacial score (nSPS) is 17.7. The van der Waals surface area contributed by atoms with Crippen molar-refractivity contribution in [2.45, 2.75) is 59.7 Å². The predicted octanol–water partition coefficient (Wildman–Crippen LogP) is 4.58. The third-order valence-corrected chi connectivity index (χ3v) is 5.97. The Balaban J connectivity index is 1.80. The molecule has 3 nitrogen and oxygen atoms in total. The minimum atomic E-state index is 0.591. The van der Waals surface area contributed by atoms with E-state index < -0.39 is 0 Å². The van der Waals surface area contributed by atoms with Gasteiger partial charge in [-0.2, -0.15) is 0 Å². The first-order chi connectivity index (χ1) is 12.4. The molecule has 0 spiro atoms. The van der Waals surface area contributed by atoms with E-state index in [1.165, 1.54) is 27.6 Å². The Labute approximate surface area is 156 Å². The molecule has 0 saturated heterocycles. The quantitative estimate of drug-likeness (QED) is 0.691. The molecule has 1 atom stereocenters. The Kier molecular flexibility index (Phi) is 4.36. The zero-order valence-electron chi connectivity index (χ0n) is 16.6. The van der Waals surface area contributed by atoms with Crippen molar-refractivity contribution in [3.05, 3.63) is 64.1 Å². The van der Waals surface area contributed by atoms with Gasteiger partial charge in [0.2, 0.25) is 0 Å². The van der Waals surface area contributed by atoms with Gasteiger partial charge in [-0.05, 0) is 75.5 Å². The summed E-state index contributed by atoms with van der Waals surface area (Å²) in [6.45, 7) is 10.9. The van der Waals surface area contributed by atoms with Gasteiger partial charge in [0, 0.05) is 54.0 Å². The molecule has 0 amide bonds. The summed E-state index contributed by atoms with van der Waals surface area (Å²) in [7, 11) is 2.25. The van der Waals surface area contributed by atoms with Gasteiger partial charge in [0.15, 0.2) is 0 Å². The number of hydrogen-bond donors (Lipinski definition) is 0. The van der Waals surface area contributed by atoms with Crippen LogP contribution in [0.2, 0.25) is 0 Å². The Morgan fingerprint density at radius 3 is 2.69 bits per heavy atom. The van der Waals surface area contributed by atoms with Crippen LogP contribution in [0.5, 0.6) is 0 Å². The molecule has 1 aliphatic heterocycles. The summed E-state index contributed by atoms with van der Waals surface area (Å²) in [5.74, 6) is 0. The second kappa shape index (κ2) is 6.55. The van der Waals surface area contributed by atoms with E-state index in [1.54, 1.807) is 11.3 Å². The molecule has 26 heavy (non-hydrogen) atoms. The zero-order valence-corrected chi connectivity index (χ0v) is 16.6. The van der Waals surface area contributed by atoms with E-state index in [0.717, 1.165) is 31.6 Å². The Bertz CT molecular complexity index is 950. The van der Waals surface area contributed by atoms with Crippen LogP contribution in [0, 0.1) is 20.8 Å². The molecule has 1 aromatic carbocycles. The summed E-state index contributed by atoms with van der Waals surface area (Å²) in [6.07, 6.45) is 4.19. The summed E-state index contributed by atoms with van der Waals surface area (Å²) in [6, 6.07) is 9.62. The van der Waals surface area contributed by atoms with Crippen molar-refractivity contribution in [1.29, 1.82) is 0 Å². The molecule has 3 heterocycles. The standard InChI is InChI=1S/C23H29N3/c1-15-10-16(2)23-20-14-25(5)18(4)12-21(20)26(22(23)11-15)9-8-19-7-6-17(3)24-13-19/h6-7,10-11,13,18H,8-9,12,14H2,1-5H3. The summed E-state index contributed by atoms with van der Waals surface area (Å²) < 4.78 is 2.59. The topological polar surface area (TPSA) is 21.1 Å². The second-order valence-corrected chi connectivity index (χ2v) is 8.08. The first-order valence-electron chi connectivity index (χ1n) is 9.67. The lowest BCUT2D eigenvalue weighted by molar-refractivity contribution is 0.228. The van der Waals surface area contributed by atoms with Crippen molar-refractivity contribution in [2.75, 3.05) is 7.05 Å². The van der Waals surface area contributed by atoms with Gasteiger partial charge in [-0.1, -0.05) is 12.1 Å². The molecule has 0 bridgehead atoms. The molecule has 4 rings (SSSR count). The Morgan fingerprint density at radius 1 is 1.15 bits per heavy atom. The maximum absolute atomic E-state index is 4.46. The molecule has 0 radical (unpaired) electrons. The Hall–Kier alpha value is -2.13. The molecule has 0 N–H and O–H groups in total. The third kappa shape index (κ3) is 2.95. The molecule has 0 aliphatic carbocycles. The van der Waals surface area contributed by atoms with Crippen LogP contribution in [0.1, 0.15) is 40.6 Å². The number of benzene rings is 1. The highest BCUT2D eigenvalue weighted by atomic mass is 15.1. The summed E-state index contributed by atoms with van der Waals surface area (Å²) in [4.78, 5) is 6.94. The van der Waals surface area contributed by atoms with Gasteiger partial charge in [0.1, 0.15) is 0 Å². The fourth-order valence-electron chi connectivity index (χ4n) is 4.39. The van der Waals surface area contributed by atoms with Gasteiger partial charge in [0.25, 0.3) is 0 Å². The fourth-order valence-corrected chi connectivity index (χ4v) is 4.39. The first kappa shape index (κ1) is 17.3. The van der Waals surface area contributed by atoms with Crippen molar-refractivity contribution < 1.29 is 0 Å². The van der Waals surface area contributed by atoms with E-state index in [0.29, 0.717) is 6.04 Å². The molecule has 3 heteroatoms. The fraction of sp³-hybridized carbons (Fsp3) is 0.435. The van der Waals surface area contributed by atoms with Crippen LogP contribution in [0.25, 0.3) is 10.9 Å². The number of rotatable bonds is 3. The molecule has 1 unspecified atom stereocenters. The number of pyridine rings is 1. The summed E-state index contributed by atoms with van der Waals surface area (Å²) >= 11 is 0. The number of aryl methyl sites for hydroxylation is 5. The average molecular weight is 348 g/mol.